The minimum atomic E-state index is -2.36. The largest absolute Gasteiger partial charge is 0.449 e. The van der Waals surface area contributed by atoms with Gasteiger partial charge >= 0.3 is 3.92 Å². The number of nitrogens with zero attached hydrogens (tertiary/aromatic N) is 1. The van der Waals surface area contributed by atoms with Gasteiger partial charge in [-0.2, -0.15) is 0 Å². The minimum absolute atomic E-state index is 0.503. The molecule has 0 amide bonds. The van der Waals surface area contributed by atoms with Crippen LogP contribution in [0.3, 0.4) is 0 Å². The second-order valence-electron chi connectivity index (χ2n) is 1.24. The molecular weight excluding hydrogens is 271 g/mol. The van der Waals surface area contributed by atoms with Crippen LogP contribution in [-0.2, 0) is 0 Å². The van der Waals surface area contributed by atoms with Crippen LogP contribution in [0, 0.1) is 10.1 Å². The van der Waals surface area contributed by atoms with Crippen molar-refractivity contribution in [3.05, 3.63) is 21.7 Å². The van der Waals surface area contributed by atoms with Crippen LogP contribution in [0.1, 0.15) is 0 Å². The van der Waals surface area contributed by atoms with Crippen molar-refractivity contribution in [3.8, 4) is 0 Å². The second-order valence-corrected chi connectivity index (χ2v) is 4.02. The summed E-state index contributed by atoms with van der Waals surface area (Å²) < 4.78 is -2.36. The first kappa shape index (κ1) is 15.1. The third-order valence-corrected chi connectivity index (χ3v) is 1.16. The zero-order valence-electron chi connectivity index (χ0n) is 5.52. The molecule has 0 fully saturated rings. The van der Waals surface area contributed by atoms with E-state index in [4.69, 9.17) is 58.0 Å². The predicted octanol–water partition coefficient (Wildman–Crippen LogP) is 3.57. The minimum Gasteiger partial charge on any atom is -0.260 e. The summed E-state index contributed by atoms with van der Waals surface area (Å²) in [5.41, 5.74) is 1.40. The van der Waals surface area contributed by atoms with Crippen molar-refractivity contribution in [2.75, 3.05) is 5.88 Å². The molecule has 0 aliphatic rings. The highest BCUT2D eigenvalue weighted by Gasteiger charge is 2.33. The zero-order chi connectivity index (χ0) is 10.2. The fraction of sp³-hybridized carbons (Fsp3) is 0.500. The molecule has 3 nitrogen and oxygen atoms in total. The molecule has 72 valence electrons. The van der Waals surface area contributed by atoms with Gasteiger partial charge in [0.25, 0.3) is 0 Å². The second kappa shape index (κ2) is 8.20. The Labute approximate surface area is 94.3 Å². The molecule has 0 aromatic heterocycles. The summed E-state index contributed by atoms with van der Waals surface area (Å²) in [6, 6.07) is 0. The highest BCUT2D eigenvalue weighted by molar-refractivity contribution is 6.65. The lowest BCUT2D eigenvalue weighted by Gasteiger charge is -1.96. The maximum Gasteiger partial charge on any atom is 0.449 e. The molecule has 0 rings (SSSR count). The van der Waals surface area contributed by atoms with Crippen LogP contribution in [0.4, 0.5) is 0 Å². The van der Waals surface area contributed by atoms with E-state index in [0.717, 1.165) is 0 Å². The topological polar surface area (TPSA) is 43.1 Å². The van der Waals surface area contributed by atoms with Crippen molar-refractivity contribution in [1.29, 1.82) is 0 Å². The number of rotatable bonds is 1. The smallest absolute Gasteiger partial charge is 0.260 e. The van der Waals surface area contributed by atoms with E-state index in [1.165, 1.54) is 5.54 Å². The van der Waals surface area contributed by atoms with Gasteiger partial charge in [0.1, 0.15) is 0 Å². The lowest BCUT2D eigenvalue weighted by atomic mass is 10.8. The summed E-state index contributed by atoms with van der Waals surface area (Å²) in [4.78, 5) is 8.41. The molecule has 12 heavy (non-hydrogen) atoms. The van der Waals surface area contributed by atoms with Crippen LogP contribution in [0.15, 0.2) is 11.6 Å². The van der Waals surface area contributed by atoms with Gasteiger partial charge in [0, 0.05) is 11.4 Å². The molecule has 0 radical (unpaired) electrons. The first-order valence-corrected chi connectivity index (χ1v) is 4.49. The number of hydrogen-bond donors (Lipinski definition) is 0. The van der Waals surface area contributed by atoms with Gasteiger partial charge < -0.3 is 0 Å². The molecule has 0 aliphatic heterocycles. The van der Waals surface area contributed by atoms with E-state index in [2.05, 4.69) is 0 Å². The van der Waals surface area contributed by atoms with Crippen LogP contribution < -0.4 is 0 Å². The first-order chi connectivity index (χ1) is 5.36. The number of halogens is 5. The quantitative estimate of drug-likeness (QED) is 0.318. The highest BCUT2D eigenvalue weighted by atomic mass is 35.6. The van der Waals surface area contributed by atoms with Gasteiger partial charge in [0.15, 0.2) is 0 Å². The van der Waals surface area contributed by atoms with E-state index in [1.807, 2.05) is 0 Å². The Hall–Kier alpha value is 0.590. The van der Waals surface area contributed by atoms with E-state index in [1.54, 1.807) is 6.08 Å². The molecule has 8 heteroatoms. The van der Waals surface area contributed by atoms with Gasteiger partial charge in [0.2, 0.25) is 0 Å². The van der Waals surface area contributed by atoms with Gasteiger partial charge in [-0.05, 0) is 34.8 Å². The van der Waals surface area contributed by atoms with Crippen LogP contribution in [0.2, 0.25) is 0 Å². The Morgan fingerprint density at radius 3 is 1.75 bits per heavy atom. The third-order valence-electron chi connectivity index (χ3n) is 0.385. The Morgan fingerprint density at radius 1 is 1.42 bits per heavy atom. The normalized spacial score (nSPS) is 10.8. The SMILES string of the molecule is Cl/C=C\CCl.O=[N+]([O-])C(Cl)(Cl)Cl. The van der Waals surface area contributed by atoms with Crippen molar-refractivity contribution in [1.82, 2.24) is 0 Å². The fourth-order valence-corrected chi connectivity index (χ4v) is 0.303. The van der Waals surface area contributed by atoms with Crippen LogP contribution in [0.25, 0.3) is 0 Å². The highest BCUT2D eigenvalue weighted by Crippen LogP contribution is 2.25. The summed E-state index contributed by atoms with van der Waals surface area (Å²) in [5.74, 6) is 0.503. The van der Waals surface area contributed by atoms with Crippen molar-refractivity contribution in [2.45, 2.75) is 3.92 Å². The molecule has 0 saturated heterocycles. The summed E-state index contributed by atoms with van der Waals surface area (Å²) in [7, 11) is 0. The van der Waals surface area contributed by atoms with Crippen LogP contribution in [-0.4, -0.2) is 14.7 Å². The molecular formula is C4H4Cl5NO2. The van der Waals surface area contributed by atoms with Crippen molar-refractivity contribution in [3.63, 3.8) is 0 Å². The number of alkyl halides is 4. The number of nitro groups is 1. The Bertz CT molecular complexity index is 154. The predicted molar refractivity (Wildman–Crippen MR) is 53.0 cm³/mol. The van der Waals surface area contributed by atoms with Gasteiger partial charge in [0.05, 0.1) is 4.92 Å². The lowest BCUT2D eigenvalue weighted by Crippen LogP contribution is -2.15. The van der Waals surface area contributed by atoms with Crippen molar-refractivity contribution < 1.29 is 4.92 Å². The first-order valence-electron chi connectivity index (χ1n) is 2.38. The summed E-state index contributed by atoms with van der Waals surface area (Å²) in [5, 5.41) is 9.43. The molecule has 0 aliphatic carbocycles. The van der Waals surface area contributed by atoms with E-state index >= 15 is 0 Å². The van der Waals surface area contributed by atoms with Gasteiger partial charge in [-0.3, -0.25) is 10.1 Å². The van der Waals surface area contributed by atoms with Crippen molar-refractivity contribution in [2.24, 2.45) is 0 Å². The summed E-state index contributed by atoms with van der Waals surface area (Å²) >= 11 is 24.3. The molecule has 0 saturated carbocycles. The van der Waals surface area contributed by atoms with E-state index in [-0.39, 0.29) is 0 Å². The molecule has 0 aromatic carbocycles. The number of allylic oxidation sites excluding steroid dienone is 1. The van der Waals surface area contributed by atoms with Gasteiger partial charge in [-0.25, -0.2) is 0 Å². The molecule has 0 atom stereocenters. The molecule has 0 N–H and O–H groups in total. The third kappa shape index (κ3) is 13.2. The monoisotopic (exact) mass is 273 g/mol. The maximum atomic E-state index is 9.43. The number of hydrogen-bond acceptors (Lipinski definition) is 2. The zero-order valence-corrected chi connectivity index (χ0v) is 9.29. The van der Waals surface area contributed by atoms with Crippen LogP contribution in [0.5, 0.6) is 0 Å². The maximum absolute atomic E-state index is 9.43. The average molecular weight is 275 g/mol. The van der Waals surface area contributed by atoms with E-state index < -0.39 is 8.84 Å². The standard InChI is InChI=1S/C3H4Cl2.CCl3NO2/c4-2-1-3-5;2-1(3,4)5(6)7/h1-2H,3H2;/b2-1-;. The summed E-state index contributed by atoms with van der Waals surface area (Å²) in [6.07, 6.45) is 1.66. The Kier molecular flexibility index (Phi) is 10.3. The molecule has 0 bridgehead atoms. The van der Waals surface area contributed by atoms with Gasteiger partial charge in [-0.1, -0.05) is 17.7 Å². The fourth-order valence-electron chi connectivity index (χ4n) is 0.0337. The van der Waals surface area contributed by atoms with Crippen LogP contribution >= 0.6 is 58.0 Å². The van der Waals surface area contributed by atoms with E-state index in [0.29, 0.717) is 5.88 Å². The molecule has 0 heterocycles. The van der Waals surface area contributed by atoms with Gasteiger partial charge in [-0.15, -0.1) is 11.6 Å². The molecule has 0 aromatic rings. The Morgan fingerprint density at radius 2 is 1.75 bits per heavy atom. The summed E-state index contributed by atoms with van der Waals surface area (Å²) in [6.45, 7) is 0. The molecule has 0 spiro atoms. The van der Waals surface area contributed by atoms with E-state index in [9.17, 15) is 10.1 Å². The molecule has 0 unspecified atom stereocenters. The van der Waals surface area contributed by atoms with Crippen molar-refractivity contribution >= 4 is 58.0 Å². The Balaban J connectivity index is 0. The average Bonchev–Trinajstić information content (AvgIpc) is 1.88. The lowest BCUT2D eigenvalue weighted by molar-refractivity contribution is -0.491.